The predicted octanol–water partition coefficient (Wildman–Crippen LogP) is 5.85. The number of carboxylic acids is 1. The van der Waals surface area contributed by atoms with Crippen LogP contribution in [0.25, 0.3) is 33.4 Å². The van der Waals surface area contributed by atoms with Gasteiger partial charge in [0.15, 0.2) is 11.9 Å². The van der Waals surface area contributed by atoms with E-state index in [0.29, 0.717) is 55.3 Å². The van der Waals surface area contributed by atoms with Gasteiger partial charge in [-0.15, -0.1) is 0 Å². The molecule has 2 aliphatic rings. The highest BCUT2D eigenvalue weighted by Crippen LogP contribution is 2.43. The highest BCUT2D eigenvalue weighted by Gasteiger charge is 2.29. The molecule has 0 fully saturated rings. The summed E-state index contributed by atoms with van der Waals surface area (Å²) in [7, 11) is 0. The van der Waals surface area contributed by atoms with Crippen LogP contribution in [0.4, 0.5) is 5.69 Å². The standard InChI is InChI=1S/C64H68N12O8/c65-63(66)69-32-14-25-49(75-60(80)51(34-40-16-5-1-6-17-40)71-38-42-20-9-3-10-21-42)58(78)73-44-28-30-46-54(36-44)84-55-37-45(29-31-47(55)56(46)48-24-13-27-53(77)57(48)62(82)83)74-59(79)50(26-15-33-70-64(67)68)76-61(81)52(35-41-18-7-2-8-19-41)72-39-43-22-11-4-12-23-43/h1-13,16-24,27-31,36-37,49-52,71-72,77H,14-15,25-26,32-35,38-39H2,(H,73,78)(H,75,80)(H,76,81)(H,82,83)(H4,65,66,69)(H4,67,68,70)/t49-,50-,51-,52-/m0/s1. The van der Waals surface area contributed by atoms with Gasteiger partial charge in [0.2, 0.25) is 17.7 Å². The third-order valence-electron chi connectivity index (χ3n) is 13.9. The number of aromatic carboxylic acids is 1. The number of hydrogen-bond acceptors (Lipinski definition) is 11. The lowest BCUT2D eigenvalue weighted by molar-refractivity contribution is -0.128. The van der Waals surface area contributed by atoms with Crippen molar-refractivity contribution < 1.29 is 38.6 Å². The molecule has 0 unspecified atom stereocenters. The maximum absolute atomic E-state index is 14.5. The quantitative estimate of drug-likeness (QED) is 0.0125. The van der Waals surface area contributed by atoms with Gasteiger partial charge in [-0.25, -0.2) is 9.79 Å². The molecule has 0 aromatic heterocycles. The zero-order valence-corrected chi connectivity index (χ0v) is 46.1. The van der Waals surface area contributed by atoms with Crippen LogP contribution in [0.2, 0.25) is 0 Å². The van der Waals surface area contributed by atoms with Gasteiger partial charge in [0.1, 0.15) is 34.7 Å². The van der Waals surface area contributed by atoms with Crippen molar-refractivity contribution in [3.8, 4) is 28.2 Å². The summed E-state index contributed by atoms with van der Waals surface area (Å²) in [5.41, 5.74) is 27.1. The summed E-state index contributed by atoms with van der Waals surface area (Å²) in [6, 6.07) is 48.4. The summed E-state index contributed by atoms with van der Waals surface area (Å²) in [6.45, 7) is 1.14. The molecule has 15 N–H and O–H groups in total. The van der Waals surface area contributed by atoms with Crippen LogP contribution in [-0.4, -0.2) is 89.0 Å². The van der Waals surface area contributed by atoms with Crippen LogP contribution in [0.3, 0.4) is 0 Å². The minimum Gasteiger partial charge on any atom is -0.507 e. The number of carbonyl (C=O) groups excluding carboxylic acids is 4. The third-order valence-corrected chi connectivity index (χ3v) is 13.9. The fraction of sp³-hybridized carbons (Fsp3) is 0.219. The molecule has 6 aromatic rings. The number of aromatic hydroxyl groups is 1. The van der Waals surface area contributed by atoms with Crippen molar-refractivity contribution in [3.63, 3.8) is 0 Å². The van der Waals surface area contributed by atoms with E-state index >= 15 is 0 Å². The first-order valence-corrected chi connectivity index (χ1v) is 27.5. The van der Waals surface area contributed by atoms with Gasteiger partial charge in [0.05, 0.1) is 17.4 Å². The van der Waals surface area contributed by atoms with Gasteiger partial charge in [-0.05, 0) is 91.1 Å². The molecule has 84 heavy (non-hydrogen) atoms. The lowest BCUT2D eigenvalue weighted by atomic mass is 9.90. The monoisotopic (exact) mass is 1130 g/mol. The van der Waals surface area contributed by atoms with Gasteiger partial charge in [-0.3, -0.25) is 29.2 Å². The second-order valence-corrected chi connectivity index (χ2v) is 20.1. The molecule has 4 atom stereocenters. The van der Waals surface area contributed by atoms with Crippen molar-refractivity contribution in [2.75, 3.05) is 18.4 Å². The topological polar surface area (TPSA) is 340 Å². The molecule has 0 bridgehead atoms. The van der Waals surface area contributed by atoms with Crippen LogP contribution in [-0.2, 0) is 45.1 Å². The van der Waals surface area contributed by atoms with Crippen LogP contribution in [0.5, 0.6) is 5.75 Å². The third kappa shape index (κ3) is 16.9. The van der Waals surface area contributed by atoms with Gasteiger partial charge >= 0.3 is 5.97 Å². The molecule has 432 valence electrons. The first kappa shape index (κ1) is 59.9. The van der Waals surface area contributed by atoms with E-state index in [1.165, 1.54) is 18.2 Å². The molecule has 0 saturated heterocycles. The highest BCUT2D eigenvalue weighted by atomic mass is 16.4. The Hall–Kier alpha value is -10.2. The van der Waals surface area contributed by atoms with Crippen LogP contribution in [0.1, 0.15) is 58.3 Å². The molecule has 6 aromatic carbocycles. The van der Waals surface area contributed by atoms with E-state index in [4.69, 9.17) is 27.4 Å². The predicted molar refractivity (Wildman–Crippen MR) is 324 cm³/mol. The summed E-state index contributed by atoms with van der Waals surface area (Å²) < 4.78 is 6.57. The molecule has 0 saturated carbocycles. The first-order chi connectivity index (χ1) is 40.7. The number of benzene rings is 7. The molecule has 1 aliphatic carbocycles. The van der Waals surface area contributed by atoms with E-state index in [9.17, 15) is 34.2 Å². The van der Waals surface area contributed by atoms with E-state index in [-0.39, 0.29) is 71.4 Å². The zero-order chi connectivity index (χ0) is 59.4. The second-order valence-electron chi connectivity index (χ2n) is 20.1. The molecule has 20 nitrogen and oxygen atoms in total. The van der Waals surface area contributed by atoms with Crippen LogP contribution >= 0.6 is 0 Å². The molecule has 0 radical (unpaired) electrons. The number of guanidine groups is 2. The number of amides is 4. The number of carbonyl (C=O) groups is 5. The molecule has 1 aliphatic heterocycles. The van der Waals surface area contributed by atoms with E-state index in [0.717, 1.165) is 22.3 Å². The summed E-state index contributed by atoms with van der Waals surface area (Å²) in [5, 5.41) is 37.5. The van der Waals surface area contributed by atoms with E-state index in [1.807, 2.05) is 121 Å². The normalized spacial score (nSPS) is 12.8. The van der Waals surface area contributed by atoms with E-state index in [2.05, 4.69) is 41.6 Å². The number of fused-ring (bicyclic) bond motifs is 2. The largest absolute Gasteiger partial charge is 0.507 e. The Morgan fingerprint density at radius 3 is 1.56 bits per heavy atom. The van der Waals surface area contributed by atoms with Crippen molar-refractivity contribution in [3.05, 3.63) is 209 Å². The maximum atomic E-state index is 14.5. The molecule has 20 heteroatoms. The Kier molecular flexibility index (Phi) is 21.1. The van der Waals surface area contributed by atoms with E-state index < -0.39 is 59.5 Å². The highest BCUT2D eigenvalue weighted by molar-refractivity contribution is 6.09. The number of phenols is 1. The fourth-order valence-electron chi connectivity index (χ4n) is 9.69. The number of hydrogen-bond donors (Lipinski definition) is 11. The van der Waals surface area contributed by atoms with Gasteiger partial charge in [-0.1, -0.05) is 133 Å². The average molecular weight is 1130 g/mol. The van der Waals surface area contributed by atoms with Crippen molar-refractivity contribution in [1.29, 1.82) is 0 Å². The minimum absolute atomic E-state index is 0.117. The summed E-state index contributed by atoms with van der Waals surface area (Å²) >= 11 is 0. The van der Waals surface area contributed by atoms with Crippen LogP contribution in [0.15, 0.2) is 195 Å². The number of anilines is 1. The van der Waals surface area contributed by atoms with Crippen LogP contribution in [0, 0.1) is 0 Å². The lowest BCUT2D eigenvalue weighted by Gasteiger charge is -2.24. The zero-order valence-electron chi connectivity index (χ0n) is 46.1. The summed E-state index contributed by atoms with van der Waals surface area (Å²) in [4.78, 5) is 83.0. The average Bonchev–Trinajstić information content (AvgIpc) is 1.36. The number of nitrogens with one attached hydrogen (secondary N) is 5. The minimum atomic E-state index is -1.39. The first-order valence-electron chi connectivity index (χ1n) is 27.5. The Morgan fingerprint density at radius 2 is 1.04 bits per heavy atom. The van der Waals surface area contributed by atoms with Crippen LogP contribution < -0.4 is 54.9 Å². The Balaban J connectivity index is 1.13. The number of rotatable bonds is 27. The van der Waals surface area contributed by atoms with Gasteiger partial charge in [0, 0.05) is 66.1 Å². The Morgan fingerprint density at radius 1 is 0.524 bits per heavy atom. The number of nitrogens with zero attached hydrogens (tertiary/aromatic N) is 3. The SMILES string of the molecule is NC(N)=NCCC[C@H](NC(=O)[C@H](Cc1ccccc1)NCc1ccccc1)C(=O)N=c1ccc2c(-c3cccc(O)c3C(=O)O)c3ccc(NC(=O)[C@H](CCCN=C(N)N)NC(=O)[C@H](Cc4ccccc4)NCc4ccccc4)cc3oc-2c1. The summed E-state index contributed by atoms with van der Waals surface area (Å²) in [5.74, 6) is -4.05. The molecule has 8 rings (SSSR count). The summed E-state index contributed by atoms with van der Waals surface area (Å²) in [6.07, 6.45) is 1.57. The van der Waals surface area contributed by atoms with Crippen molar-refractivity contribution in [2.45, 2.75) is 75.8 Å². The maximum Gasteiger partial charge on any atom is 0.340 e. The van der Waals surface area contributed by atoms with Crippen molar-refractivity contribution in [1.82, 2.24) is 21.3 Å². The molecule has 0 spiro atoms. The number of aliphatic imine (C=N–C) groups is 2. The van der Waals surface area contributed by atoms with E-state index in [1.54, 1.807) is 36.4 Å². The molecular formula is C64H68N12O8. The lowest BCUT2D eigenvalue weighted by Crippen LogP contribution is -2.52. The van der Waals surface area contributed by atoms with Crippen molar-refractivity contribution >= 4 is 58.2 Å². The number of carboxylic acid groups (broad SMARTS) is 1. The van der Waals surface area contributed by atoms with Gasteiger partial charge in [-0.2, -0.15) is 0 Å². The molecule has 4 amide bonds. The molecule has 1 heterocycles. The van der Waals surface area contributed by atoms with Gasteiger partial charge in [0.25, 0.3) is 5.91 Å². The Labute approximate surface area is 485 Å². The smallest absolute Gasteiger partial charge is 0.340 e. The van der Waals surface area contributed by atoms with Crippen molar-refractivity contribution in [2.24, 2.45) is 37.9 Å². The molecular weight excluding hydrogens is 1060 g/mol. The van der Waals surface area contributed by atoms with Gasteiger partial charge < -0.3 is 64.1 Å². The Bertz CT molecular complexity index is 3650. The number of nitrogens with two attached hydrogens (primary N) is 4. The second kappa shape index (κ2) is 29.5. The fourth-order valence-corrected chi connectivity index (χ4v) is 9.69.